The highest BCUT2D eigenvalue weighted by atomic mass is 35.5. The predicted octanol–water partition coefficient (Wildman–Crippen LogP) is 8.50. The van der Waals surface area contributed by atoms with Crippen LogP contribution in [-0.2, 0) is 4.79 Å². The van der Waals surface area contributed by atoms with E-state index in [2.05, 4.69) is 13.8 Å². The smallest absolute Gasteiger partial charge is 0.162 e. The van der Waals surface area contributed by atoms with Gasteiger partial charge in [0.15, 0.2) is 5.78 Å². The molecule has 4 nitrogen and oxygen atoms in total. The molecule has 0 spiro atoms. The number of halogens is 2. The lowest BCUT2D eigenvalue weighted by Gasteiger charge is -2.45. The monoisotopic (exact) mass is 530 g/mol. The molecule has 3 aromatic rings. The topological polar surface area (TPSA) is 64.4 Å². The Balaban J connectivity index is 1.84. The third-order valence-corrected chi connectivity index (χ3v) is 7.59. The number of aliphatic hydroxyl groups excluding tert-OH is 1. The maximum atomic E-state index is 13.9. The largest absolute Gasteiger partial charge is 0.507 e. The van der Waals surface area contributed by atoms with Gasteiger partial charge in [-0.05, 0) is 60.7 Å². The van der Waals surface area contributed by atoms with Gasteiger partial charge in [-0.3, -0.25) is 15.1 Å². The molecule has 1 aliphatic heterocycles. The summed E-state index contributed by atoms with van der Waals surface area (Å²) in [5.41, 5.74) is 4.68. The Morgan fingerprint density at radius 2 is 1.49 bits per heavy atom. The average Bonchev–Trinajstić information content (AvgIpc) is 2.84. The van der Waals surface area contributed by atoms with Crippen LogP contribution >= 0.6 is 23.2 Å². The van der Waals surface area contributed by atoms with Crippen molar-refractivity contribution in [1.82, 2.24) is 0 Å². The van der Waals surface area contributed by atoms with Gasteiger partial charge >= 0.3 is 0 Å². The highest BCUT2D eigenvalue weighted by Gasteiger charge is 2.46. The van der Waals surface area contributed by atoms with Gasteiger partial charge in [-0.15, -0.1) is 0 Å². The fraction of sp³-hybridized carbons (Fsp3) is 0.226. The zero-order valence-electron chi connectivity index (χ0n) is 21.0. The lowest BCUT2D eigenvalue weighted by Crippen LogP contribution is -2.45. The number of Topliss-reactive ketones (excluding diaryl/α,β-unsaturated/α-hetero) is 1. The van der Waals surface area contributed by atoms with E-state index in [9.17, 15) is 15.3 Å². The molecule has 1 heterocycles. The minimum atomic E-state index is -0.604. The van der Waals surface area contributed by atoms with E-state index in [1.165, 1.54) is 0 Å². The Morgan fingerprint density at radius 1 is 0.919 bits per heavy atom. The number of hydrogen-bond donors (Lipinski definition) is 2. The summed E-state index contributed by atoms with van der Waals surface area (Å²) in [5, 5.41) is 22.3. The van der Waals surface area contributed by atoms with E-state index in [1.54, 1.807) is 29.2 Å². The first-order valence-corrected chi connectivity index (χ1v) is 13.0. The van der Waals surface area contributed by atoms with Crippen molar-refractivity contribution in [3.63, 3.8) is 0 Å². The first-order valence-electron chi connectivity index (χ1n) is 12.2. The van der Waals surface area contributed by atoms with Crippen LogP contribution in [-0.4, -0.2) is 16.7 Å². The van der Waals surface area contributed by atoms with Crippen molar-refractivity contribution in [2.45, 2.75) is 39.5 Å². The third kappa shape index (κ3) is 4.72. The first kappa shape index (κ1) is 25.3. The Labute approximate surface area is 227 Å². The summed E-state index contributed by atoms with van der Waals surface area (Å²) in [6.07, 6.45) is 0.998. The molecule has 0 aromatic heterocycles. The van der Waals surface area contributed by atoms with Gasteiger partial charge in [-0.2, -0.15) is 0 Å². The van der Waals surface area contributed by atoms with Crippen molar-refractivity contribution >= 4 is 46.3 Å². The van der Waals surface area contributed by atoms with Crippen LogP contribution in [0.25, 0.3) is 5.76 Å². The van der Waals surface area contributed by atoms with Crippen molar-refractivity contribution in [3.05, 3.63) is 116 Å². The molecule has 3 aromatic carbocycles. The Hall–Kier alpha value is -3.34. The second-order valence-corrected chi connectivity index (χ2v) is 11.4. The summed E-state index contributed by atoms with van der Waals surface area (Å²) in [6.45, 7) is 6.13. The van der Waals surface area contributed by atoms with Gasteiger partial charge in [0.25, 0.3) is 0 Å². The lowest BCUT2D eigenvalue weighted by molar-refractivity contribution is -0.118. The average molecular weight is 531 g/mol. The van der Waals surface area contributed by atoms with Gasteiger partial charge < -0.3 is 5.11 Å². The highest BCUT2D eigenvalue weighted by Crippen LogP contribution is 2.51. The number of nitrogens with one attached hydrogen (secondary N) is 1. The Kier molecular flexibility index (Phi) is 6.51. The normalized spacial score (nSPS) is 20.7. The highest BCUT2D eigenvalue weighted by molar-refractivity contribution is 6.31. The van der Waals surface area contributed by atoms with Crippen LogP contribution in [0.5, 0.6) is 0 Å². The van der Waals surface area contributed by atoms with E-state index in [0.29, 0.717) is 39.6 Å². The molecule has 5 rings (SSSR count). The molecule has 1 atom stereocenters. The predicted molar refractivity (Wildman–Crippen MR) is 152 cm³/mol. The van der Waals surface area contributed by atoms with Crippen LogP contribution in [0.15, 0.2) is 89.6 Å². The fourth-order valence-electron chi connectivity index (χ4n) is 5.34. The standard InChI is InChI=1S/C31H28Cl2N2O2/c1-18-4-6-20(7-5-18)29(37)28-26(19-8-10-21(32)11-9-19)27-24(16-31(2,3)17-25(27)36)35(30(28)34)23-14-12-22(33)13-15-23/h4-15,26,34,37H,16-17H2,1-3H3/t26-/m0/s1. The van der Waals surface area contributed by atoms with Crippen molar-refractivity contribution < 1.29 is 9.90 Å². The molecule has 0 saturated heterocycles. The van der Waals surface area contributed by atoms with E-state index >= 15 is 0 Å². The molecular weight excluding hydrogens is 503 g/mol. The summed E-state index contributed by atoms with van der Waals surface area (Å²) in [7, 11) is 0. The van der Waals surface area contributed by atoms with Gasteiger partial charge in [0.2, 0.25) is 0 Å². The molecule has 0 unspecified atom stereocenters. The molecule has 0 radical (unpaired) electrons. The van der Waals surface area contributed by atoms with Crippen molar-refractivity contribution in [2.75, 3.05) is 4.90 Å². The van der Waals surface area contributed by atoms with E-state index in [4.69, 9.17) is 23.2 Å². The number of ketones is 1. The molecule has 188 valence electrons. The number of aliphatic hydroxyl groups is 1. The van der Waals surface area contributed by atoms with Gasteiger partial charge in [0.05, 0.1) is 0 Å². The maximum Gasteiger partial charge on any atom is 0.162 e. The molecule has 6 heteroatoms. The van der Waals surface area contributed by atoms with Gasteiger partial charge in [0, 0.05) is 50.5 Å². The van der Waals surface area contributed by atoms with Crippen molar-refractivity contribution in [1.29, 1.82) is 5.41 Å². The summed E-state index contributed by atoms with van der Waals surface area (Å²) in [4.78, 5) is 15.7. The zero-order valence-corrected chi connectivity index (χ0v) is 22.5. The molecule has 37 heavy (non-hydrogen) atoms. The minimum Gasteiger partial charge on any atom is -0.507 e. The summed E-state index contributed by atoms with van der Waals surface area (Å²) >= 11 is 12.4. The minimum absolute atomic E-state index is 0.0202. The SMILES string of the molecule is Cc1ccc(C(O)=C2C(=N)N(c3ccc(Cl)cc3)C3=C(C(=O)CC(C)(C)C3)[C@@H]2c2ccc(Cl)cc2)cc1. The number of aryl methyl sites for hydroxylation is 1. The van der Waals surface area contributed by atoms with E-state index < -0.39 is 5.92 Å². The second kappa shape index (κ2) is 9.51. The Bertz CT molecular complexity index is 1450. The number of benzene rings is 3. The van der Waals surface area contributed by atoms with Crippen LogP contribution in [0.1, 0.15) is 49.3 Å². The molecule has 0 saturated carbocycles. The van der Waals surface area contributed by atoms with Crippen LogP contribution in [0.2, 0.25) is 10.0 Å². The second-order valence-electron chi connectivity index (χ2n) is 10.6. The van der Waals surface area contributed by atoms with Gasteiger partial charge in [-0.1, -0.05) is 79.0 Å². The third-order valence-electron chi connectivity index (χ3n) is 7.09. The molecule has 0 amide bonds. The number of allylic oxidation sites excluding steroid dienone is 2. The van der Waals surface area contributed by atoms with Gasteiger partial charge in [0.1, 0.15) is 11.6 Å². The number of nitrogens with zero attached hydrogens (tertiary/aromatic N) is 1. The van der Waals surface area contributed by atoms with E-state index in [0.717, 1.165) is 22.5 Å². The molecule has 0 fully saturated rings. The number of carbonyl (C=O) groups excluding carboxylic acids is 1. The molecule has 1 aliphatic carbocycles. The number of anilines is 1. The first-order chi connectivity index (χ1) is 17.6. The van der Waals surface area contributed by atoms with Gasteiger partial charge in [-0.25, -0.2) is 0 Å². The number of rotatable bonds is 3. The van der Waals surface area contributed by atoms with Crippen LogP contribution in [0, 0.1) is 17.7 Å². The number of carbonyl (C=O) groups is 1. The number of amidine groups is 1. The molecular formula is C31H28Cl2N2O2. The number of hydrogen-bond acceptors (Lipinski definition) is 3. The molecule has 0 bridgehead atoms. The van der Waals surface area contributed by atoms with Crippen LogP contribution < -0.4 is 4.90 Å². The lowest BCUT2D eigenvalue weighted by atomic mass is 9.67. The van der Waals surface area contributed by atoms with E-state index in [-0.39, 0.29) is 22.8 Å². The van der Waals surface area contributed by atoms with Crippen molar-refractivity contribution in [2.24, 2.45) is 5.41 Å². The van der Waals surface area contributed by atoms with E-state index in [1.807, 2.05) is 55.5 Å². The molecule has 2 N–H and O–H groups in total. The van der Waals surface area contributed by atoms with Crippen LogP contribution in [0.3, 0.4) is 0 Å². The van der Waals surface area contributed by atoms with Crippen molar-refractivity contribution in [3.8, 4) is 0 Å². The molecule has 2 aliphatic rings. The summed E-state index contributed by atoms with van der Waals surface area (Å²) in [5.74, 6) is -0.474. The maximum absolute atomic E-state index is 13.9. The van der Waals surface area contributed by atoms with Crippen LogP contribution in [0.4, 0.5) is 5.69 Å². The summed E-state index contributed by atoms with van der Waals surface area (Å²) in [6, 6.07) is 22.1. The summed E-state index contributed by atoms with van der Waals surface area (Å²) < 4.78 is 0. The fourth-order valence-corrected chi connectivity index (χ4v) is 5.60. The quantitative estimate of drug-likeness (QED) is 0.333. The zero-order chi connectivity index (χ0) is 26.5. The Morgan fingerprint density at radius 3 is 2.08 bits per heavy atom.